The number of guanidine groups is 1. The molecular formula is C19H37N5O3. The molecule has 27 heavy (non-hydrogen) atoms. The van der Waals surface area contributed by atoms with Crippen LogP contribution in [0.15, 0.2) is 4.99 Å². The lowest BCUT2D eigenvalue weighted by molar-refractivity contribution is 0.0195. The fourth-order valence-electron chi connectivity index (χ4n) is 3.37. The SMILES string of the molecule is CCNC(=NCCCNC(=O)OC(C)(C)C)N1CCC(N2CCOCC2)C1. The van der Waals surface area contributed by atoms with Gasteiger partial charge in [0.25, 0.3) is 0 Å². The average Bonchev–Trinajstić information content (AvgIpc) is 3.10. The van der Waals surface area contributed by atoms with Gasteiger partial charge in [0.2, 0.25) is 0 Å². The Morgan fingerprint density at radius 3 is 2.63 bits per heavy atom. The van der Waals surface area contributed by atoms with Gasteiger partial charge >= 0.3 is 6.09 Å². The van der Waals surface area contributed by atoms with Gasteiger partial charge in [0.15, 0.2) is 5.96 Å². The maximum absolute atomic E-state index is 11.7. The first-order valence-electron chi connectivity index (χ1n) is 10.2. The van der Waals surface area contributed by atoms with Gasteiger partial charge in [-0.25, -0.2) is 4.79 Å². The van der Waals surface area contributed by atoms with Crippen LogP contribution >= 0.6 is 0 Å². The van der Waals surface area contributed by atoms with E-state index in [-0.39, 0.29) is 6.09 Å². The first kappa shape index (κ1) is 21.8. The average molecular weight is 384 g/mol. The fraction of sp³-hybridized carbons (Fsp3) is 0.895. The van der Waals surface area contributed by atoms with Gasteiger partial charge in [-0.15, -0.1) is 0 Å². The fourth-order valence-corrected chi connectivity index (χ4v) is 3.37. The molecule has 0 bridgehead atoms. The quantitative estimate of drug-likeness (QED) is 0.409. The van der Waals surface area contributed by atoms with E-state index in [9.17, 15) is 4.79 Å². The predicted octanol–water partition coefficient (Wildman–Crippen LogP) is 1.27. The molecule has 2 rings (SSSR count). The minimum Gasteiger partial charge on any atom is -0.444 e. The zero-order valence-corrected chi connectivity index (χ0v) is 17.4. The molecule has 8 nitrogen and oxygen atoms in total. The van der Waals surface area contributed by atoms with Gasteiger partial charge in [0, 0.05) is 51.9 Å². The normalized spacial score (nSPS) is 22.0. The number of hydrogen-bond acceptors (Lipinski definition) is 5. The van der Waals surface area contributed by atoms with Crippen molar-refractivity contribution in [1.82, 2.24) is 20.4 Å². The molecule has 0 aromatic heterocycles. The van der Waals surface area contributed by atoms with Crippen LogP contribution < -0.4 is 10.6 Å². The van der Waals surface area contributed by atoms with Crippen molar-refractivity contribution in [3.63, 3.8) is 0 Å². The molecule has 156 valence electrons. The Bertz CT molecular complexity index is 486. The predicted molar refractivity (Wildman–Crippen MR) is 107 cm³/mol. The zero-order valence-electron chi connectivity index (χ0n) is 17.4. The highest BCUT2D eigenvalue weighted by Gasteiger charge is 2.30. The number of nitrogens with one attached hydrogen (secondary N) is 2. The Kier molecular flexibility index (Phi) is 8.63. The molecule has 0 saturated carbocycles. The van der Waals surface area contributed by atoms with Crippen LogP contribution in [-0.2, 0) is 9.47 Å². The minimum absolute atomic E-state index is 0.369. The van der Waals surface area contributed by atoms with E-state index in [1.165, 1.54) is 6.42 Å². The third kappa shape index (κ3) is 7.92. The van der Waals surface area contributed by atoms with Crippen molar-refractivity contribution in [3.05, 3.63) is 0 Å². The molecular weight excluding hydrogens is 346 g/mol. The third-order valence-electron chi connectivity index (χ3n) is 4.62. The second-order valence-electron chi connectivity index (χ2n) is 8.05. The van der Waals surface area contributed by atoms with Crippen LogP contribution in [-0.4, -0.2) is 92.5 Å². The summed E-state index contributed by atoms with van der Waals surface area (Å²) in [6.07, 6.45) is 1.59. The van der Waals surface area contributed by atoms with E-state index in [4.69, 9.17) is 14.5 Å². The van der Waals surface area contributed by atoms with Crippen LogP contribution in [0, 0.1) is 0 Å². The van der Waals surface area contributed by atoms with E-state index in [1.54, 1.807) is 0 Å². The van der Waals surface area contributed by atoms with Crippen LogP contribution in [0.3, 0.4) is 0 Å². The molecule has 0 aromatic carbocycles. The summed E-state index contributed by atoms with van der Waals surface area (Å²) in [6.45, 7) is 15.6. The van der Waals surface area contributed by atoms with Gasteiger partial charge in [-0.05, 0) is 40.5 Å². The number of aliphatic imine (C=N–C) groups is 1. The Morgan fingerprint density at radius 1 is 1.22 bits per heavy atom. The summed E-state index contributed by atoms with van der Waals surface area (Å²) in [5, 5.41) is 6.18. The van der Waals surface area contributed by atoms with Crippen molar-refractivity contribution >= 4 is 12.1 Å². The second kappa shape index (κ2) is 10.7. The monoisotopic (exact) mass is 383 g/mol. The highest BCUT2D eigenvalue weighted by atomic mass is 16.6. The molecule has 1 amide bonds. The van der Waals surface area contributed by atoms with Gasteiger partial charge < -0.3 is 25.0 Å². The highest BCUT2D eigenvalue weighted by molar-refractivity contribution is 5.80. The van der Waals surface area contributed by atoms with Crippen LogP contribution in [0.5, 0.6) is 0 Å². The Morgan fingerprint density at radius 2 is 1.96 bits per heavy atom. The molecule has 0 aromatic rings. The van der Waals surface area contributed by atoms with Crippen molar-refractivity contribution in [2.24, 2.45) is 4.99 Å². The van der Waals surface area contributed by atoms with Crippen molar-refractivity contribution in [2.45, 2.75) is 52.2 Å². The van der Waals surface area contributed by atoms with E-state index in [0.29, 0.717) is 19.1 Å². The molecule has 2 saturated heterocycles. The largest absolute Gasteiger partial charge is 0.444 e. The van der Waals surface area contributed by atoms with Crippen molar-refractivity contribution in [2.75, 3.05) is 59.0 Å². The molecule has 1 atom stereocenters. The van der Waals surface area contributed by atoms with Crippen LogP contribution in [0.25, 0.3) is 0 Å². The van der Waals surface area contributed by atoms with Crippen molar-refractivity contribution < 1.29 is 14.3 Å². The van der Waals surface area contributed by atoms with Crippen molar-refractivity contribution in [3.8, 4) is 0 Å². The van der Waals surface area contributed by atoms with E-state index in [1.807, 2.05) is 20.8 Å². The summed E-state index contributed by atoms with van der Waals surface area (Å²) in [7, 11) is 0. The molecule has 2 heterocycles. The molecule has 2 aliphatic rings. The lowest BCUT2D eigenvalue weighted by Gasteiger charge is -2.32. The van der Waals surface area contributed by atoms with Crippen LogP contribution in [0.4, 0.5) is 4.79 Å². The Hall–Kier alpha value is -1.54. The number of morpholine rings is 1. The minimum atomic E-state index is -0.465. The Labute approximate surface area is 163 Å². The number of likely N-dealkylation sites (tertiary alicyclic amines) is 1. The van der Waals surface area contributed by atoms with Gasteiger partial charge in [-0.1, -0.05) is 0 Å². The lowest BCUT2D eigenvalue weighted by atomic mass is 10.2. The summed E-state index contributed by atoms with van der Waals surface area (Å²) < 4.78 is 10.7. The number of hydrogen-bond donors (Lipinski definition) is 2. The molecule has 0 spiro atoms. The Balaban J connectivity index is 1.73. The summed E-state index contributed by atoms with van der Waals surface area (Å²) in [5.74, 6) is 0.977. The van der Waals surface area contributed by atoms with E-state index < -0.39 is 5.60 Å². The number of rotatable bonds is 6. The molecule has 0 radical (unpaired) electrons. The zero-order chi connectivity index (χ0) is 19.7. The summed E-state index contributed by atoms with van der Waals surface area (Å²) in [5.41, 5.74) is -0.465. The molecule has 8 heteroatoms. The number of amides is 1. The number of carbonyl (C=O) groups excluding carboxylic acids is 1. The van der Waals surface area contributed by atoms with Crippen molar-refractivity contribution in [1.29, 1.82) is 0 Å². The third-order valence-corrected chi connectivity index (χ3v) is 4.62. The smallest absolute Gasteiger partial charge is 0.407 e. The maximum atomic E-state index is 11.7. The maximum Gasteiger partial charge on any atom is 0.407 e. The summed E-state index contributed by atoms with van der Waals surface area (Å²) in [6, 6.07) is 0.589. The lowest BCUT2D eigenvalue weighted by Crippen LogP contribution is -2.46. The molecule has 2 aliphatic heterocycles. The first-order valence-corrected chi connectivity index (χ1v) is 10.2. The number of ether oxygens (including phenoxy) is 2. The topological polar surface area (TPSA) is 78.4 Å². The van der Waals surface area contributed by atoms with Crippen LogP contribution in [0.1, 0.15) is 40.5 Å². The highest BCUT2D eigenvalue weighted by Crippen LogP contribution is 2.17. The first-order chi connectivity index (χ1) is 12.9. The summed E-state index contributed by atoms with van der Waals surface area (Å²) >= 11 is 0. The van der Waals surface area contributed by atoms with E-state index in [0.717, 1.165) is 58.3 Å². The van der Waals surface area contributed by atoms with E-state index >= 15 is 0 Å². The van der Waals surface area contributed by atoms with Gasteiger partial charge in [0.05, 0.1) is 13.2 Å². The molecule has 2 N–H and O–H groups in total. The van der Waals surface area contributed by atoms with Gasteiger partial charge in [0.1, 0.15) is 5.60 Å². The van der Waals surface area contributed by atoms with Gasteiger partial charge in [-0.3, -0.25) is 9.89 Å². The molecule has 2 fully saturated rings. The standard InChI is InChI=1S/C19H37N5O3/c1-5-20-17(21-8-6-9-22-18(25)27-19(2,3)4)24-10-7-16(15-24)23-11-13-26-14-12-23/h16H,5-15H2,1-4H3,(H,20,21)(H,22,25). The molecule has 1 unspecified atom stereocenters. The number of alkyl carbamates (subject to hydrolysis) is 1. The number of carbonyl (C=O) groups is 1. The second-order valence-corrected chi connectivity index (χ2v) is 8.05. The number of nitrogens with zero attached hydrogens (tertiary/aromatic N) is 3. The van der Waals surface area contributed by atoms with E-state index in [2.05, 4.69) is 27.4 Å². The summed E-state index contributed by atoms with van der Waals surface area (Å²) in [4.78, 5) is 21.3. The van der Waals surface area contributed by atoms with Gasteiger partial charge in [-0.2, -0.15) is 0 Å². The molecule has 0 aliphatic carbocycles. The van der Waals surface area contributed by atoms with Crippen LogP contribution in [0.2, 0.25) is 0 Å².